The van der Waals surface area contributed by atoms with Gasteiger partial charge in [-0.15, -0.1) is 10.2 Å². The number of rotatable bonds is 8. The van der Waals surface area contributed by atoms with E-state index < -0.39 is 34.7 Å². The number of aliphatic hydroxyl groups is 3. The second-order valence-electron chi connectivity index (χ2n) is 8.87. The number of aliphatic hydroxyl groups excluding tert-OH is 3. The molecule has 1 fully saturated rings. The first-order chi connectivity index (χ1) is 19.0. The van der Waals surface area contributed by atoms with E-state index in [0.717, 1.165) is 5.56 Å². The lowest BCUT2D eigenvalue weighted by molar-refractivity contribution is -0.0384. The number of hydrogen-bond donors (Lipinski definition) is 5. The van der Waals surface area contributed by atoms with Crippen LogP contribution in [0.4, 0.5) is 11.8 Å². The summed E-state index contributed by atoms with van der Waals surface area (Å²) >= 11 is 0. The topological polar surface area (TPSA) is 241 Å². The maximum Gasteiger partial charge on any atom is 0.261 e. The van der Waals surface area contributed by atoms with Crippen LogP contribution in [-0.4, -0.2) is 99.8 Å². The third-order valence-electron chi connectivity index (χ3n) is 5.92. The van der Waals surface area contributed by atoms with Crippen molar-refractivity contribution in [2.24, 2.45) is 0 Å². The molecule has 0 aliphatic carbocycles. The van der Waals surface area contributed by atoms with Crippen LogP contribution in [-0.2, 0) is 27.8 Å². The number of anilines is 2. The molecule has 0 bridgehead atoms. The van der Waals surface area contributed by atoms with Crippen LogP contribution in [0.2, 0.25) is 0 Å². The summed E-state index contributed by atoms with van der Waals surface area (Å²) in [4.78, 5) is 16.1. The van der Waals surface area contributed by atoms with E-state index in [1.807, 2.05) is 37.3 Å². The highest BCUT2D eigenvalue weighted by Crippen LogP contribution is 2.38. The van der Waals surface area contributed by atoms with Gasteiger partial charge in [-0.05, 0) is 24.1 Å². The molecule has 4 atom stereocenters. The summed E-state index contributed by atoms with van der Waals surface area (Å²) in [6, 6.07) is 9.83. The van der Waals surface area contributed by atoms with Crippen LogP contribution in [0.25, 0.3) is 11.2 Å². The van der Waals surface area contributed by atoms with Crippen molar-refractivity contribution in [2.75, 3.05) is 30.2 Å². The average molecular weight is 579 g/mol. The molecule has 18 heteroatoms. The molecule has 1 aliphatic rings. The summed E-state index contributed by atoms with van der Waals surface area (Å²) in [6.45, 7) is 2.47. The molecule has 17 nitrogen and oxygen atoms in total. The predicted molar refractivity (Wildman–Crippen MR) is 140 cm³/mol. The van der Waals surface area contributed by atoms with Gasteiger partial charge < -0.3 is 30.7 Å². The van der Waals surface area contributed by atoms with Crippen LogP contribution in [0, 0.1) is 0 Å². The maximum absolute atomic E-state index is 10.8. The Balaban J connectivity index is 0.000000681. The minimum Gasteiger partial charge on any atom is -0.387 e. The molecule has 40 heavy (non-hydrogen) atoms. The second kappa shape index (κ2) is 12.1. The van der Waals surface area contributed by atoms with Crippen LogP contribution < -0.4 is 10.6 Å². The van der Waals surface area contributed by atoms with Gasteiger partial charge >= 0.3 is 0 Å². The van der Waals surface area contributed by atoms with Gasteiger partial charge in [-0.3, -0.25) is 9.12 Å². The Morgan fingerprint density at radius 1 is 1.15 bits per heavy atom. The van der Waals surface area contributed by atoms with Crippen molar-refractivity contribution in [3.05, 3.63) is 48.0 Å². The van der Waals surface area contributed by atoms with E-state index in [9.17, 15) is 23.7 Å². The number of benzene rings is 1. The molecule has 0 spiro atoms. The van der Waals surface area contributed by atoms with Gasteiger partial charge in [0.2, 0.25) is 11.8 Å². The molecular weight excluding hydrogens is 548 g/mol. The van der Waals surface area contributed by atoms with Crippen LogP contribution in [0.3, 0.4) is 0 Å². The molecule has 0 radical (unpaired) electrons. The van der Waals surface area contributed by atoms with Crippen molar-refractivity contribution < 1.29 is 33.0 Å². The zero-order valence-corrected chi connectivity index (χ0v) is 22.4. The Kier molecular flexibility index (Phi) is 8.86. The monoisotopic (exact) mass is 578 g/mol. The van der Waals surface area contributed by atoms with Gasteiger partial charge in [0.05, 0.1) is 19.1 Å². The van der Waals surface area contributed by atoms with Gasteiger partial charge in [0.25, 0.3) is 10.1 Å². The number of hydrogen-bond acceptors (Lipinski definition) is 14. The van der Waals surface area contributed by atoms with E-state index in [-0.39, 0.29) is 30.0 Å². The zero-order chi connectivity index (χ0) is 29.0. The number of nitrogens with two attached hydrogens (primary N) is 1. The number of ether oxygens (including phenoxy) is 1. The Bertz CT molecular complexity index is 1520. The lowest BCUT2D eigenvalue weighted by atomic mass is 10.1. The van der Waals surface area contributed by atoms with E-state index in [4.69, 9.17) is 15.0 Å². The molecule has 1 aliphatic heterocycles. The first-order valence-corrected chi connectivity index (χ1v) is 14.0. The molecule has 0 saturated carbocycles. The molecule has 4 aromatic rings. The van der Waals surface area contributed by atoms with Crippen molar-refractivity contribution in [2.45, 2.75) is 44.4 Å². The van der Waals surface area contributed by atoms with Gasteiger partial charge in [-0.2, -0.15) is 23.2 Å². The van der Waals surface area contributed by atoms with Crippen LogP contribution >= 0.6 is 0 Å². The molecule has 4 heterocycles. The molecule has 0 amide bonds. The Hall–Kier alpha value is -3.81. The summed E-state index contributed by atoms with van der Waals surface area (Å²) in [7, 11) is -3.67. The average Bonchev–Trinajstić information content (AvgIpc) is 3.62. The molecule has 6 N–H and O–H groups in total. The summed E-state index contributed by atoms with van der Waals surface area (Å²) in [5, 5.41) is 43.3. The van der Waals surface area contributed by atoms with E-state index >= 15 is 0 Å². The van der Waals surface area contributed by atoms with E-state index in [0.29, 0.717) is 31.3 Å². The Morgan fingerprint density at radius 3 is 2.48 bits per heavy atom. The number of fused-ring (bicyclic) bond motifs is 1. The first kappa shape index (κ1) is 29.2. The highest BCUT2D eigenvalue weighted by molar-refractivity contribution is 7.85. The number of aryl methyl sites for hydroxylation is 1. The molecule has 216 valence electrons. The van der Waals surface area contributed by atoms with Crippen LogP contribution in [0.5, 0.6) is 0 Å². The fraction of sp³-hybridized carbons (Fsp3) is 0.455. The van der Waals surface area contributed by atoms with E-state index in [1.54, 1.807) is 4.90 Å². The van der Waals surface area contributed by atoms with Crippen molar-refractivity contribution >= 4 is 33.0 Å². The van der Waals surface area contributed by atoms with E-state index in [1.165, 1.54) is 15.7 Å². The van der Waals surface area contributed by atoms with Crippen LogP contribution in [0.15, 0.2) is 36.7 Å². The van der Waals surface area contributed by atoms with Crippen molar-refractivity contribution in [1.29, 1.82) is 0 Å². The highest BCUT2D eigenvalue weighted by Gasteiger charge is 2.47. The number of nitrogens with zero attached hydrogens (tertiary/aromatic N) is 9. The third kappa shape index (κ3) is 6.66. The van der Waals surface area contributed by atoms with Crippen molar-refractivity contribution in [3.8, 4) is 0 Å². The summed E-state index contributed by atoms with van der Waals surface area (Å²) in [5.41, 5.74) is 7.84. The van der Waals surface area contributed by atoms with Crippen molar-refractivity contribution in [1.82, 2.24) is 39.7 Å². The Morgan fingerprint density at radius 2 is 1.85 bits per heavy atom. The number of imidazole rings is 1. The SMILES string of the molecule is CCn1nnc([C@H]2O[C@@H](n3cnc4c(N)nc(N(CO)CCc5ccccc5)nc43)[C@H](O)[C@@H]2O)n1.CS(=O)(=O)O. The smallest absolute Gasteiger partial charge is 0.261 e. The summed E-state index contributed by atoms with van der Waals surface area (Å²) < 4.78 is 33.3. The second-order valence-corrected chi connectivity index (χ2v) is 10.3. The molecule has 3 aromatic heterocycles. The summed E-state index contributed by atoms with van der Waals surface area (Å²) in [5.74, 6) is 0.471. The molecule has 5 rings (SSSR count). The number of nitrogen functional groups attached to an aromatic ring is 1. The lowest BCUT2D eigenvalue weighted by Crippen LogP contribution is -2.30. The normalized spacial score (nSPS) is 20.9. The number of aromatic nitrogens is 8. The lowest BCUT2D eigenvalue weighted by Gasteiger charge is -2.21. The minimum atomic E-state index is -3.67. The fourth-order valence-electron chi connectivity index (χ4n) is 4.00. The van der Waals surface area contributed by atoms with Gasteiger partial charge in [0.15, 0.2) is 23.8 Å². The minimum absolute atomic E-state index is 0.110. The summed E-state index contributed by atoms with van der Waals surface area (Å²) in [6.07, 6.45) is -1.87. The Labute approximate surface area is 228 Å². The maximum atomic E-state index is 10.8. The third-order valence-corrected chi connectivity index (χ3v) is 5.92. The largest absolute Gasteiger partial charge is 0.387 e. The van der Waals surface area contributed by atoms with Gasteiger partial charge in [0, 0.05) is 6.54 Å². The highest BCUT2D eigenvalue weighted by atomic mass is 32.2. The molecular formula is C22H30N10O7S. The number of tetrazole rings is 1. The van der Waals surface area contributed by atoms with Crippen LogP contribution in [0.1, 0.15) is 30.6 Å². The van der Waals surface area contributed by atoms with E-state index in [2.05, 4.69) is 30.4 Å². The molecule has 1 aromatic carbocycles. The molecule has 0 unspecified atom stereocenters. The standard InChI is InChI=1S/C21H26N10O4.CH4O3S/c1-2-31-27-18(26-28-31)16-14(33)15(34)20(35-16)30-10-23-13-17(22)24-21(25-19(13)30)29(11-32)9-8-12-6-4-3-5-7-12;1-5(2,3)4/h3-7,10,14-16,20,32-34H,2,8-9,11H2,1H3,(H2,22,24,25);1H3,(H,2,3,4)/t14-,15+,16-,20+;/m0./s1. The predicted octanol–water partition coefficient (Wildman–Crippen LogP) is -1.09. The fourth-order valence-corrected chi connectivity index (χ4v) is 4.00. The molecule has 1 saturated heterocycles. The van der Waals surface area contributed by atoms with Gasteiger partial charge in [-0.25, -0.2) is 4.98 Å². The van der Waals surface area contributed by atoms with Gasteiger partial charge in [0.1, 0.15) is 24.5 Å². The van der Waals surface area contributed by atoms with Gasteiger partial charge in [-0.1, -0.05) is 30.3 Å². The first-order valence-electron chi connectivity index (χ1n) is 12.1. The van der Waals surface area contributed by atoms with Crippen molar-refractivity contribution in [3.63, 3.8) is 0 Å². The quantitative estimate of drug-likeness (QED) is 0.123. The zero-order valence-electron chi connectivity index (χ0n) is 21.6.